The summed E-state index contributed by atoms with van der Waals surface area (Å²) in [5.41, 5.74) is 2.14. The van der Waals surface area contributed by atoms with Crippen molar-refractivity contribution in [3.63, 3.8) is 0 Å². The van der Waals surface area contributed by atoms with E-state index in [-0.39, 0.29) is 0 Å². The molecule has 0 saturated carbocycles. The van der Waals surface area contributed by atoms with E-state index in [9.17, 15) is 0 Å². The summed E-state index contributed by atoms with van der Waals surface area (Å²) in [6.45, 7) is 3.89. The zero-order chi connectivity index (χ0) is 20.1. The van der Waals surface area contributed by atoms with Gasteiger partial charge in [-0.1, -0.05) is 66.1 Å². The number of nitrogens with one attached hydrogen (secondary N) is 1. The number of ether oxygens (including phenoxy) is 1. The molecule has 0 saturated heterocycles. The van der Waals surface area contributed by atoms with Crippen molar-refractivity contribution in [2.45, 2.75) is 33.0 Å². The molecule has 3 aromatic carbocycles. The smallest absolute Gasteiger partial charge is 0.243 e. The number of anilines is 1. The minimum absolute atomic E-state index is 0.468. The molecule has 0 aliphatic rings. The van der Waals surface area contributed by atoms with E-state index < -0.39 is 0 Å². The van der Waals surface area contributed by atoms with E-state index in [2.05, 4.69) is 46.0 Å². The van der Waals surface area contributed by atoms with E-state index in [1.165, 1.54) is 0 Å². The zero-order valence-electron chi connectivity index (χ0n) is 16.2. The lowest BCUT2D eigenvalue weighted by atomic mass is 10.0. The van der Waals surface area contributed by atoms with Crippen molar-refractivity contribution in [1.82, 2.24) is 20.2 Å². The lowest BCUT2D eigenvalue weighted by Crippen LogP contribution is -2.10. The predicted molar refractivity (Wildman–Crippen MR) is 115 cm³/mol. The van der Waals surface area contributed by atoms with E-state index >= 15 is 0 Å². The first-order valence-electron chi connectivity index (χ1n) is 9.62. The Balaban J connectivity index is 1.60. The van der Waals surface area contributed by atoms with Gasteiger partial charge in [-0.05, 0) is 51.4 Å². The Morgan fingerprint density at radius 2 is 1.86 bits per heavy atom. The van der Waals surface area contributed by atoms with Gasteiger partial charge in [0.15, 0.2) is 0 Å². The highest BCUT2D eigenvalue weighted by Crippen LogP contribution is 2.29. The highest BCUT2D eigenvalue weighted by Gasteiger charge is 2.12. The number of aromatic nitrogens is 4. The number of rotatable bonds is 8. The molecule has 0 fully saturated rings. The molecule has 0 radical (unpaired) electrons. The quantitative estimate of drug-likeness (QED) is 0.441. The van der Waals surface area contributed by atoms with E-state index in [0.717, 1.165) is 40.6 Å². The molecule has 4 rings (SSSR count). The third-order valence-corrected chi connectivity index (χ3v) is 4.95. The first-order chi connectivity index (χ1) is 14.2. The molecule has 4 aromatic rings. The molecule has 1 heterocycles. The molecule has 29 heavy (non-hydrogen) atoms. The van der Waals surface area contributed by atoms with Crippen LogP contribution in [0.5, 0.6) is 5.75 Å². The third-order valence-electron chi connectivity index (χ3n) is 4.70. The summed E-state index contributed by atoms with van der Waals surface area (Å²) in [4.78, 5) is 0. The second kappa shape index (κ2) is 8.92. The fourth-order valence-corrected chi connectivity index (χ4v) is 3.36. The predicted octanol–water partition coefficient (Wildman–Crippen LogP) is 5.08. The first-order valence-corrected chi connectivity index (χ1v) is 10.0. The number of aryl methyl sites for hydroxylation is 1. The number of halogens is 1. The van der Waals surface area contributed by atoms with Gasteiger partial charge in [0.05, 0.1) is 0 Å². The minimum atomic E-state index is 0.468. The molecule has 1 N–H and O–H groups in total. The van der Waals surface area contributed by atoms with E-state index in [1.54, 1.807) is 4.68 Å². The van der Waals surface area contributed by atoms with Crippen LogP contribution in [0, 0.1) is 0 Å². The van der Waals surface area contributed by atoms with Gasteiger partial charge in [0, 0.05) is 23.7 Å². The Morgan fingerprint density at radius 1 is 1.03 bits per heavy atom. The van der Waals surface area contributed by atoms with Gasteiger partial charge in [-0.2, -0.15) is 0 Å². The van der Waals surface area contributed by atoms with Crippen molar-refractivity contribution < 1.29 is 4.74 Å². The van der Waals surface area contributed by atoms with Crippen LogP contribution in [0.4, 0.5) is 5.95 Å². The second-order valence-electron chi connectivity index (χ2n) is 6.76. The molecule has 1 aromatic heterocycles. The van der Waals surface area contributed by atoms with Gasteiger partial charge in [-0.3, -0.25) is 0 Å². The molecule has 0 unspecified atom stereocenters. The Hall–Kier alpha value is -3.12. The van der Waals surface area contributed by atoms with Crippen LogP contribution in [0.3, 0.4) is 0 Å². The number of hydrogen-bond acceptors (Lipinski definition) is 5. The molecular formula is C22H22ClN5O. The van der Waals surface area contributed by atoms with Gasteiger partial charge in [0.1, 0.15) is 12.4 Å². The average molecular weight is 408 g/mol. The number of fused-ring (bicyclic) bond motifs is 1. The standard InChI is InChI=1S/C22H22ClN5O/c1-2-13-28-22(25-26-27-28)24-14-20-19-6-4-3-5-17(19)9-12-21(20)29-15-16-7-10-18(23)11-8-16/h3-12H,2,13-15H2,1H3,(H,24,25,27). The van der Waals surface area contributed by atoms with Crippen molar-refractivity contribution in [1.29, 1.82) is 0 Å². The van der Waals surface area contributed by atoms with Gasteiger partial charge < -0.3 is 10.1 Å². The summed E-state index contributed by atoms with van der Waals surface area (Å²) < 4.78 is 7.95. The zero-order valence-corrected chi connectivity index (χ0v) is 16.9. The maximum atomic E-state index is 6.18. The van der Waals surface area contributed by atoms with Crippen LogP contribution >= 0.6 is 11.6 Å². The van der Waals surface area contributed by atoms with Crippen LogP contribution in [0.15, 0.2) is 60.7 Å². The molecule has 7 heteroatoms. The first kappa shape index (κ1) is 19.2. The van der Waals surface area contributed by atoms with Gasteiger partial charge >= 0.3 is 0 Å². The third kappa shape index (κ3) is 4.49. The molecule has 0 aliphatic carbocycles. The van der Waals surface area contributed by atoms with Gasteiger partial charge in [0.25, 0.3) is 0 Å². The van der Waals surface area contributed by atoms with E-state index in [1.807, 2.05) is 42.5 Å². The molecule has 0 atom stereocenters. The Morgan fingerprint density at radius 3 is 2.69 bits per heavy atom. The molecule has 0 aliphatic heterocycles. The van der Waals surface area contributed by atoms with Crippen molar-refractivity contribution in [3.05, 3.63) is 76.8 Å². The molecule has 0 amide bonds. The summed E-state index contributed by atoms with van der Waals surface area (Å²) in [6.07, 6.45) is 0.962. The van der Waals surface area contributed by atoms with Crippen molar-refractivity contribution in [3.8, 4) is 5.75 Å². The topological polar surface area (TPSA) is 64.9 Å². The monoisotopic (exact) mass is 407 g/mol. The summed E-state index contributed by atoms with van der Waals surface area (Å²) in [5.74, 6) is 1.49. The lowest BCUT2D eigenvalue weighted by molar-refractivity contribution is 0.304. The summed E-state index contributed by atoms with van der Waals surface area (Å²) >= 11 is 5.98. The lowest BCUT2D eigenvalue weighted by Gasteiger charge is -2.15. The molecule has 148 valence electrons. The SMILES string of the molecule is CCCn1nnnc1NCc1c(OCc2ccc(Cl)cc2)ccc2ccccc12. The van der Waals surface area contributed by atoms with Crippen LogP contribution in [0.1, 0.15) is 24.5 Å². The fraction of sp³-hybridized carbons (Fsp3) is 0.227. The van der Waals surface area contributed by atoms with Gasteiger partial charge in [-0.15, -0.1) is 0 Å². The minimum Gasteiger partial charge on any atom is -0.489 e. The Kier molecular flexibility index (Phi) is 5.91. The molecule has 6 nitrogen and oxygen atoms in total. The van der Waals surface area contributed by atoms with Crippen LogP contribution in [0.25, 0.3) is 10.8 Å². The number of benzene rings is 3. The summed E-state index contributed by atoms with van der Waals surface area (Å²) in [6, 6.07) is 20.1. The van der Waals surface area contributed by atoms with Crippen LogP contribution in [-0.2, 0) is 19.7 Å². The highest BCUT2D eigenvalue weighted by molar-refractivity contribution is 6.30. The Labute approximate surface area is 174 Å². The molecule has 0 spiro atoms. The number of hydrogen-bond donors (Lipinski definition) is 1. The van der Waals surface area contributed by atoms with Crippen LogP contribution < -0.4 is 10.1 Å². The van der Waals surface area contributed by atoms with E-state index in [4.69, 9.17) is 16.3 Å². The van der Waals surface area contributed by atoms with Gasteiger partial charge in [-0.25, -0.2) is 4.68 Å². The van der Waals surface area contributed by atoms with Gasteiger partial charge in [0.2, 0.25) is 5.95 Å². The summed E-state index contributed by atoms with van der Waals surface area (Å²) in [5, 5.41) is 18.3. The molecular weight excluding hydrogens is 386 g/mol. The second-order valence-corrected chi connectivity index (χ2v) is 7.19. The maximum Gasteiger partial charge on any atom is 0.243 e. The normalized spacial score (nSPS) is 11.0. The maximum absolute atomic E-state index is 6.18. The number of tetrazole rings is 1. The van der Waals surface area contributed by atoms with Crippen molar-refractivity contribution in [2.75, 3.05) is 5.32 Å². The van der Waals surface area contributed by atoms with Crippen LogP contribution in [0.2, 0.25) is 5.02 Å². The van der Waals surface area contributed by atoms with Crippen molar-refractivity contribution in [2.24, 2.45) is 0 Å². The summed E-state index contributed by atoms with van der Waals surface area (Å²) in [7, 11) is 0. The number of nitrogens with zero attached hydrogens (tertiary/aromatic N) is 4. The fourth-order valence-electron chi connectivity index (χ4n) is 3.24. The molecule has 0 bridgehead atoms. The highest BCUT2D eigenvalue weighted by atomic mass is 35.5. The Bertz CT molecular complexity index is 1090. The van der Waals surface area contributed by atoms with E-state index in [0.29, 0.717) is 24.1 Å². The van der Waals surface area contributed by atoms with Crippen LogP contribution in [-0.4, -0.2) is 20.2 Å². The van der Waals surface area contributed by atoms with Crippen molar-refractivity contribution >= 4 is 28.3 Å². The largest absolute Gasteiger partial charge is 0.489 e. The average Bonchev–Trinajstić information content (AvgIpc) is 3.19.